The summed E-state index contributed by atoms with van der Waals surface area (Å²) < 4.78 is 14.3. The SMILES string of the molecule is CC1CCCCN1C(=O)C(C)n1nc(-c2ccc(F)cc2)ccc1=O. The second-order valence-corrected chi connectivity index (χ2v) is 6.56. The zero-order chi connectivity index (χ0) is 18.0. The van der Waals surface area contributed by atoms with Gasteiger partial charge in [-0.2, -0.15) is 5.10 Å². The first-order chi connectivity index (χ1) is 12.0. The first-order valence-corrected chi connectivity index (χ1v) is 8.63. The lowest BCUT2D eigenvalue weighted by molar-refractivity contribution is -0.138. The Hall–Kier alpha value is -2.50. The molecule has 1 aromatic heterocycles. The lowest BCUT2D eigenvalue weighted by Gasteiger charge is -2.35. The number of hydrogen-bond acceptors (Lipinski definition) is 3. The van der Waals surface area contributed by atoms with Gasteiger partial charge in [-0.1, -0.05) is 0 Å². The normalized spacial score (nSPS) is 18.8. The fourth-order valence-electron chi connectivity index (χ4n) is 3.25. The van der Waals surface area contributed by atoms with E-state index in [0.29, 0.717) is 11.3 Å². The third-order valence-electron chi connectivity index (χ3n) is 4.78. The monoisotopic (exact) mass is 343 g/mol. The lowest BCUT2D eigenvalue weighted by Crippen LogP contribution is -2.46. The molecule has 3 rings (SSSR count). The Labute approximate surface area is 146 Å². The third kappa shape index (κ3) is 3.62. The number of carbonyl (C=O) groups is 1. The summed E-state index contributed by atoms with van der Waals surface area (Å²) >= 11 is 0. The van der Waals surface area contributed by atoms with Gasteiger partial charge in [0.25, 0.3) is 5.56 Å². The molecule has 1 aromatic carbocycles. The van der Waals surface area contributed by atoms with E-state index in [1.807, 2.05) is 11.8 Å². The largest absolute Gasteiger partial charge is 0.338 e. The standard InChI is InChI=1S/C19H22FN3O2/c1-13-5-3-4-12-22(13)19(25)14(2)23-18(24)11-10-17(21-23)15-6-8-16(20)9-7-15/h6-11,13-14H,3-5,12H2,1-2H3. The van der Waals surface area contributed by atoms with Crippen molar-refractivity contribution in [1.29, 1.82) is 0 Å². The van der Waals surface area contributed by atoms with Crippen molar-refractivity contribution in [2.45, 2.75) is 45.2 Å². The van der Waals surface area contributed by atoms with Crippen molar-refractivity contribution in [2.24, 2.45) is 0 Å². The molecule has 5 nitrogen and oxygen atoms in total. The molecule has 25 heavy (non-hydrogen) atoms. The van der Waals surface area contributed by atoms with Gasteiger partial charge in [0.05, 0.1) is 5.69 Å². The molecule has 1 amide bonds. The Bertz CT molecular complexity index is 816. The lowest BCUT2D eigenvalue weighted by atomic mass is 10.0. The van der Waals surface area contributed by atoms with Crippen molar-refractivity contribution in [1.82, 2.24) is 14.7 Å². The van der Waals surface area contributed by atoms with Gasteiger partial charge in [0.15, 0.2) is 0 Å². The Balaban J connectivity index is 1.90. The quantitative estimate of drug-likeness (QED) is 0.861. The molecule has 2 atom stereocenters. The van der Waals surface area contributed by atoms with E-state index in [0.717, 1.165) is 25.8 Å². The molecule has 132 valence electrons. The molecule has 1 aliphatic heterocycles. The minimum atomic E-state index is -0.673. The molecule has 2 heterocycles. The molecule has 0 bridgehead atoms. The molecule has 2 unspecified atom stereocenters. The van der Waals surface area contributed by atoms with Crippen molar-refractivity contribution in [2.75, 3.05) is 6.54 Å². The van der Waals surface area contributed by atoms with Crippen molar-refractivity contribution in [3.8, 4) is 11.3 Å². The number of aromatic nitrogens is 2. The second-order valence-electron chi connectivity index (χ2n) is 6.56. The molecule has 1 saturated heterocycles. The Morgan fingerprint density at radius 3 is 2.60 bits per heavy atom. The van der Waals surface area contributed by atoms with E-state index in [2.05, 4.69) is 5.10 Å². The van der Waals surface area contributed by atoms with Gasteiger partial charge in [-0.05, 0) is 63.4 Å². The minimum Gasteiger partial charge on any atom is -0.338 e. The van der Waals surface area contributed by atoms with E-state index in [4.69, 9.17) is 0 Å². The smallest absolute Gasteiger partial charge is 0.267 e. The number of hydrogen-bond donors (Lipinski definition) is 0. The highest BCUT2D eigenvalue weighted by atomic mass is 19.1. The second kappa shape index (κ2) is 7.17. The van der Waals surface area contributed by atoms with Gasteiger partial charge in [0.1, 0.15) is 11.9 Å². The van der Waals surface area contributed by atoms with Crippen LogP contribution in [0.4, 0.5) is 4.39 Å². The zero-order valence-electron chi connectivity index (χ0n) is 14.5. The van der Waals surface area contributed by atoms with Crippen LogP contribution in [0.1, 0.15) is 39.2 Å². The molecule has 1 fully saturated rings. The van der Waals surface area contributed by atoms with Gasteiger partial charge in [0, 0.05) is 24.2 Å². The molecule has 0 saturated carbocycles. The fourth-order valence-corrected chi connectivity index (χ4v) is 3.25. The van der Waals surface area contributed by atoms with Crippen molar-refractivity contribution >= 4 is 5.91 Å². The van der Waals surface area contributed by atoms with Crippen LogP contribution in [0.15, 0.2) is 41.2 Å². The van der Waals surface area contributed by atoms with E-state index in [1.54, 1.807) is 25.1 Å². The average Bonchev–Trinajstić information content (AvgIpc) is 2.62. The van der Waals surface area contributed by atoms with Gasteiger partial charge >= 0.3 is 0 Å². The first kappa shape index (κ1) is 17.3. The molecule has 6 heteroatoms. The number of nitrogens with zero attached hydrogens (tertiary/aromatic N) is 3. The maximum Gasteiger partial charge on any atom is 0.267 e. The van der Waals surface area contributed by atoms with Crippen LogP contribution in [-0.2, 0) is 4.79 Å². The number of likely N-dealkylation sites (tertiary alicyclic amines) is 1. The van der Waals surface area contributed by atoms with Gasteiger partial charge in [-0.15, -0.1) is 0 Å². The molecule has 0 spiro atoms. The molecule has 0 N–H and O–H groups in total. The van der Waals surface area contributed by atoms with Crippen molar-refractivity contribution in [3.63, 3.8) is 0 Å². The summed E-state index contributed by atoms with van der Waals surface area (Å²) in [5, 5.41) is 4.35. The summed E-state index contributed by atoms with van der Waals surface area (Å²) in [7, 11) is 0. The van der Waals surface area contributed by atoms with Gasteiger partial charge in [0.2, 0.25) is 5.91 Å². The highest BCUT2D eigenvalue weighted by Gasteiger charge is 2.28. The van der Waals surface area contributed by atoms with Gasteiger partial charge in [-0.3, -0.25) is 9.59 Å². The summed E-state index contributed by atoms with van der Waals surface area (Å²) in [5.41, 5.74) is 0.906. The maximum atomic E-state index is 13.1. The minimum absolute atomic E-state index is 0.0851. The Morgan fingerprint density at radius 1 is 1.20 bits per heavy atom. The van der Waals surface area contributed by atoms with Crippen LogP contribution in [0.3, 0.4) is 0 Å². The number of piperidine rings is 1. The van der Waals surface area contributed by atoms with Crippen LogP contribution in [0.5, 0.6) is 0 Å². The predicted octanol–water partition coefficient (Wildman–Crippen LogP) is 3.01. The summed E-state index contributed by atoms with van der Waals surface area (Å²) in [6, 6.07) is 8.39. The summed E-state index contributed by atoms with van der Waals surface area (Å²) in [4.78, 5) is 26.9. The predicted molar refractivity (Wildman–Crippen MR) is 93.6 cm³/mol. The number of halogens is 1. The highest BCUT2D eigenvalue weighted by Crippen LogP contribution is 2.21. The molecule has 0 radical (unpaired) electrons. The van der Waals surface area contributed by atoms with E-state index >= 15 is 0 Å². The van der Waals surface area contributed by atoms with Gasteiger partial charge < -0.3 is 4.90 Å². The highest BCUT2D eigenvalue weighted by molar-refractivity contribution is 5.80. The first-order valence-electron chi connectivity index (χ1n) is 8.63. The number of amides is 1. The third-order valence-corrected chi connectivity index (χ3v) is 4.78. The Kier molecular flexibility index (Phi) is 4.97. The van der Waals surface area contributed by atoms with Crippen LogP contribution in [0.25, 0.3) is 11.3 Å². The number of benzene rings is 1. The molecule has 1 aliphatic rings. The fraction of sp³-hybridized carbons (Fsp3) is 0.421. The van der Waals surface area contributed by atoms with Gasteiger partial charge in [-0.25, -0.2) is 9.07 Å². The van der Waals surface area contributed by atoms with Crippen LogP contribution in [-0.4, -0.2) is 33.2 Å². The van der Waals surface area contributed by atoms with E-state index in [-0.39, 0.29) is 23.3 Å². The summed E-state index contributed by atoms with van der Waals surface area (Å²) in [5.74, 6) is -0.419. The van der Waals surface area contributed by atoms with Crippen LogP contribution < -0.4 is 5.56 Å². The van der Waals surface area contributed by atoms with Crippen molar-refractivity contribution in [3.05, 3.63) is 52.6 Å². The summed E-state index contributed by atoms with van der Waals surface area (Å²) in [6.45, 7) is 4.46. The maximum absolute atomic E-state index is 13.1. The number of rotatable bonds is 3. The van der Waals surface area contributed by atoms with Crippen molar-refractivity contribution < 1.29 is 9.18 Å². The van der Waals surface area contributed by atoms with Crippen LogP contribution >= 0.6 is 0 Å². The van der Waals surface area contributed by atoms with E-state index in [1.165, 1.54) is 22.9 Å². The molecule has 0 aliphatic carbocycles. The average molecular weight is 343 g/mol. The van der Waals surface area contributed by atoms with Crippen LogP contribution in [0.2, 0.25) is 0 Å². The topological polar surface area (TPSA) is 55.2 Å². The van der Waals surface area contributed by atoms with E-state index in [9.17, 15) is 14.0 Å². The Morgan fingerprint density at radius 2 is 1.92 bits per heavy atom. The number of carbonyl (C=O) groups excluding carboxylic acids is 1. The molecule has 2 aromatic rings. The molecular weight excluding hydrogens is 321 g/mol. The van der Waals surface area contributed by atoms with E-state index < -0.39 is 6.04 Å². The summed E-state index contributed by atoms with van der Waals surface area (Å²) in [6.07, 6.45) is 3.09. The zero-order valence-corrected chi connectivity index (χ0v) is 14.5. The molecular formula is C19H22FN3O2. The van der Waals surface area contributed by atoms with Crippen LogP contribution in [0, 0.1) is 5.82 Å².